The van der Waals surface area contributed by atoms with Crippen molar-refractivity contribution in [3.8, 4) is 22.5 Å². The second kappa shape index (κ2) is 9.06. The number of anilines is 2. The third-order valence-corrected chi connectivity index (χ3v) is 6.12. The number of amides is 1. The average Bonchev–Trinajstić information content (AvgIpc) is 3.18. The summed E-state index contributed by atoms with van der Waals surface area (Å²) in [6.45, 7) is 5.13. The molecule has 0 saturated heterocycles. The Bertz CT molecular complexity index is 1260. The number of benzene rings is 2. The van der Waals surface area contributed by atoms with E-state index in [4.69, 9.17) is 4.42 Å². The van der Waals surface area contributed by atoms with Gasteiger partial charge in [0.1, 0.15) is 17.9 Å². The number of nitrogens with one attached hydrogen (secondary N) is 2. The van der Waals surface area contributed by atoms with Gasteiger partial charge in [-0.05, 0) is 48.6 Å². The van der Waals surface area contributed by atoms with Crippen molar-refractivity contribution in [1.82, 2.24) is 9.97 Å². The van der Waals surface area contributed by atoms with Gasteiger partial charge in [-0.1, -0.05) is 50.6 Å². The quantitative estimate of drug-likeness (QED) is 0.349. The van der Waals surface area contributed by atoms with Crippen molar-refractivity contribution < 1.29 is 9.21 Å². The summed E-state index contributed by atoms with van der Waals surface area (Å²) < 4.78 is 6.29. The first-order valence-corrected chi connectivity index (χ1v) is 11.6. The number of hydrogen-bond donors (Lipinski definition) is 2. The van der Waals surface area contributed by atoms with Crippen LogP contribution in [0.3, 0.4) is 0 Å². The van der Waals surface area contributed by atoms with E-state index in [1.54, 1.807) is 0 Å². The Morgan fingerprint density at radius 2 is 1.79 bits per heavy atom. The van der Waals surface area contributed by atoms with Crippen LogP contribution in [0.1, 0.15) is 33.1 Å². The molecule has 0 atom stereocenters. The van der Waals surface area contributed by atoms with Crippen molar-refractivity contribution in [2.24, 2.45) is 11.8 Å². The van der Waals surface area contributed by atoms with Crippen molar-refractivity contribution >= 4 is 28.5 Å². The van der Waals surface area contributed by atoms with Crippen LogP contribution in [0.15, 0.2) is 65.3 Å². The maximum atomic E-state index is 12.3. The zero-order chi connectivity index (χ0) is 22.8. The number of aromatic nitrogens is 2. The molecule has 0 radical (unpaired) electrons. The molecule has 4 aromatic rings. The Balaban J connectivity index is 1.56. The summed E-state index contributed by atoms with van der Waals surface area (Å²) in [5.74, 6) is 2.25. The van der Waals surface area contributed by atoms with Crippen LogP contribution in [-0.4, -0.2) is 22.4 Å². The summed E-state index contributed by atoms with van der Waals surface area (Å²) in [5.41, 5.74) is 4.27. The highest BCUT2D eigenvalue weighted by molar-refractivity contribution is 6.06. The highest BCUT2D eigenvalue weighted by Gasteiger charge is 2.25. The van der Waals surface area contributed by atoms with Crippen LogP contribution < -0.4 is 10.6 Å². The summed E-state index contributed by atoms with van der Waals surface area (Å²) in [4.78, 5) is 21.2. The molecule has 1 aliphatic carbocycles. The SMILES string of the molecule is CC(C)CNc1ncnc2oc(-c3ccc(NC(=O)C4CCC4)cc3)c(-c3ccccc3)c12. The number of carbonyl (C=O) groups is 1. The van der Waals surface area contributed by atoms with E-state index in [0.717, 1.165) is 65.1 Å². The van der Waals surface area contributed by atoms with Crippen LogP contribution in [0.4, 0.5) is 11.5 Å². The van der Waals surface area contributed by atoms with E-state index in [-0.39, 0.29) is 11.8 Å². The predicted molar refractivity (Wildman–Crippen MR) is 132 cm³/mol. The molecule has 1 aliphatic rings. The minimum absolute atomic E-state index is 0.110. The molecule has 2 aromatic carbocycles. The second-order valence-electron chi connectivity index (χ2n) is 9.04. The molecule has 1 fully saturated rings. The van der Waals surface area contributed by atoms with Crippen LogP contribution in [-0.2, 0) is 4.79 Å². The predicted octanol–water partition coefficient (Wildman–Crippen LogP) is 6.36. The minimum Gasteiger partial charge on any atom is -0.437 e. The normalized spacial score (nSPS) is 13.8. The van der Waals surface area contributed by atoms with Gasteiger partial charge in [-0.25, -0.2) is 9.97 Å². The highest BCUT2D eigenvalue weighted by atomic mass is 16.3. The molecule has 5 rings (SSSR count). The van der Waals surface area contributed by atoms with E-state index in [1.165, 1.54) is 6.33 Å². The van der Waals surface area contributed by atoms with E-state index in [2.05, 4.69) is 46.6 Å². The number of nitrogens with zero attached hydrogens (tertiary/aromatic N) is 2. The molecule has 0 aliphatic heterocycles. The van der Waals surface area contributed by atoms with Crippen molar-refractivity contribution in [2.75, 3.05) is 17.2 Å². The van der Waals surface area contributed by atoms with Crippen LogP contribution in [0.2, 0.25) is 0 Å². The Kier molecular flexibility index (Phi) is 5.82. The molecule has 33 heavy (non-hydrogen) atoms. The van der Waals surface area contributed by atoms with Crippen LogP contribution in [0.5, 0.6) is 0 Å². The third kappa shape index (κ3) is 4.33. The van der Waals surface area contributed by atoms with Gasteiger partial charge in [0.2, 0.25) is 11.6 Å². The molecule has 0 bridgehead atoms. The lowest BCUT2D eigenvalue weighted by atomic mass is 9.85. The van der Waals surface area contributed by atoms with Crippen LogP contribution in [0, 0.1) is 11.8 Å². The lowest BCUT2D eigenvalue weighted by Crippen LogP contribution is -2.27. The standard InChI is InChI=1S/C27H28N4O2/c1-17(2)15-28-25-23-22(18-7-4-3-5-8-18)24(33-27(23)30-16-29-25)19-11-13-21(14-12-19)31-26(32)20-9-6-10-20/h3-5,7-8,11-14,16-17,20H,6,9-10,15H2,1-2H3,(H,31,32)(H,28,29,30). The average molecular weight is 441 g/mol. The summed E-state index contributed by atoms with van der Waals surface area (Å²) in [7, 11) is 0. The van der Waals surface area contributed by atoms with Gasteiger partial charge in [-0.2, -0.15) is 0 Å². The number of furan rings is 1. The van der Waals surface area contributed by atoms with E-state index >= 15 is 0 Å². The van der Waals surface area contributed by atoms with E-state index in [0.29, 0.717) is 11.6 Å². The van der Waals surface area contributed by atoms with Gasteiger partial charge in [-0.3, -0.25) is 4.79 Å². The lowest BCUT2D eigenvalue weighted by molar-refractivity contribution is -0.122. The first-order chi connectivity index (χ1) is 16.1. The molecule has 0 unspecified atom stereocenters. The highest BCUT2D eigenvalue weighted by Crippen LogP contribution is 2.42. The van der Waals surface area contributed by atoms with Gasteiger partial charge >= 0.3 is 0 Å². The first-order valence-electron chi connectivity index (χ1n) is 11.6. The van der Waals surface area contributed by atoms with E-state index in [9.17, 15) is 4.79 Å². The monoisotopic (exact) mass is 440 g/mol. The van der Waals surface area contributed by atoms with Crippen molar-refractivity contribution in [1.29, 1.82) is 0 Å². The summed E-state index contributed by atoms with van der Waals surface area (Å²) in [6, 6.07) is 18.0. The molecule has 1 amide bonds. The molecular formula is C27H28N4O2. The number of hydrogen-bond acceptors (Lipinski definition) is 5. The van der Waals surface area contributed by atoms with Gasteiger partial charge in [-0.15, -0.1) is 0 Å². The molecular weight excluding hydrogens is 412 g/mol. The van der Waals surface area contributed by atoms with Gasteiger partial charge in [0.05, 0.1) is 5.39 Å². The Labute approximate surface area is 193 Å². The van der Waals surface area contributed by atoms with E-state index < -0.39 is 0 Å². The summed E-state index contributed by atoms with van der Waals surface area (Å²) in [6.07, 6.45) is 4.64. The van der Waals surface area contributed by atoms with Gasteiger partial charge in [0.15, 0.2) is 0 Å². The summed E-state index contributed by atoms with van der Waals surface area (Å²) >= 11 is 0. The Morgan fingerprint density at radius 3 is 2.45 bits per heavy atom. The number of rotatable bonds is 7. The smallest absolute Gasteiger partial charge is 0.232 e. The molecule has 0 spiro atoms. The largest absolute Gasteiger partial charge is 0.437 e. The third-order valence-electron chi connectivity index (χ3n) is 6.12. The molecule has 2 heterocycles. The van der Waals surface area contributed by atoms with Gasteiger partial charge in [0, 0.05) is 29.3 Å². The fourth-order valence-corrected chi connectivity index (χ4v) is 4.07. The number of carbonyl (C=O) groups excluding carboxylic acids is 1. The topological polar surface area (TPSA) is 80.1 Å². The molecule has 168 valence electrons. The Morgan fingerprint density at radius 1 is 1.03 bits per heavy atom. The van der Waals surface area contributed by atoms with Gasteiger partial charge in [0.25, 0.3) is 0 Å². The second-order valence-corrected chi connectivity index (χ2v) is 9.04. The summed E-state index contributed by atoms with van der Waals surface area (Å²) in [5, 5.41) is 7.36. The zero-order valence-electron chi connectivity index (χ0n) is 19.0. The first kappa shape index (κ1) is 21.2. The maximum absolute atomic E-state index is 12.3. The van der Waals surface area contributed by atoms with Crippen molar-refractivity contribution in [3.63, 3.8) is 0 Å². The Hall–Kier alpha value is -3.67. The number of fused-ring (bicyclic) bond motifs is 1. The van der Waals surface area contributed by atoms with Gasteiger partial charge < -0.3 is 15.1 Å². The van der Waals surface area contributed by atoms with Crippen LogP contribution in [0.25, 0.3) is 33.6 Å². The van der Waals surface area contributed by atoms with E-state index in [1.807, 2.05) is 42.5 Å². The molecule has 6 nitrogen and oxygen atoms in total. The van der Waals surface area contributed by atoms with Crippen molar-refractivity contribution in [2.45, 2.75) is 33.1 Å². The zero-order valence-corrected chi connectivity index (χ0v) is 19.0. The molecule has 1 saturated carbocycles. The van der Waals surface area contributed by atoms with Crippen LogP contribution >= 0.6 is 0 Å². The molecule has 6 heteroatoms. The molecule has 2 aromatic heterocycles. The minimum atomic E-state index is 0.110. The fourth-order valence-electron chi connectivity index (χ4n) is 4.07. The molecule has 2 N–H and O–H groups in total. The van der Waals surface area contributed by atoms with Crippen molar-refractivity contribution in [3.05, 3.63) is 60.9 Å². The lowest BCUT2D eigenvalue weighted by Gasteiger charge is -2.24. The fraction of sp³-hybridized carbons (Fsp3) is 0.296. The maximum Gasteiger partial charge on any atom is 0.232 e.